The van der Waals surface area contributed by atoms with Crippen molar-refractivity contribution in [3.05, 3.63) is 0 Å². The minimum Gasteiger partial charge on any atom is -0.390 e. The van der Waals surface area contributed by atoms with Crippen molar-refractivity contribution in [3.63, 3.8) is 0 Å². The molecule has 1 aliphatic heterocycles. The van der Waals surface area contributed by atoms with E-state index < -0.39 is 15.6 Å². The van der Waals surface area contributed by atoms with Crippen molar-refractivity contribution in [2.24, 2.45) is 5.92 Å². The Hall–Kier alpha value is -0.130. The number of hydrogen-bond donors (Lipinski definition) is 1. The minimum atomic E-state index is -3.13. The van der Waals surface area contributed by atoms with Crippen LogP contribution in [0.3, 0.4) is 0 Å². The molecule has 1 rings (SSSR count). The number of aliphatic hydroxyl groups is 1. The van der Waals surface area contributed by atoms with E-state index in [4.69, 9.17) is 0 Å². The van der Waals surface area contributed by atoms with Crippen LogP contribution in [-0.4, -0.2) is 42.3 Å². The fraction of sp³-hybridized carbons (Fsp3) is 1.00. The molecule has 102 valence electrons. The summed E-state index contributed by atoms with van der Waals surface area (Å²) in [5, 5.41) is 9.93. The van der Waals surface area contributed by atoms with Gasteiger partial charge in [-0.05, 0) is 38.5 Å². The lowest BCUT2D eigenvalue weighted by Crippen LogP contribution is -2.35. The molecular weight excluding hydrogens is 238 g/mol. The van der Waals surface area contributed by atoms with E-state index in [9.17, 15) is 13.5 Å². The number of hydrogen-bond acceptors (Lipinski definition) is 3. The molecule has 1 saturated heterocycles. The predicted molar refractivity (Wildman–Crippen MR) is 69.3 cm³/mol. The van der Waals surface area contributed by atoms with Crippen LogP contribution in [0.1, 0.15) is 46.5 Å². The van der Waals surface area contributed by atoms with E-state index in [1.165, 1.54) is 0 Å². The highest BCUT2D eigenvalue weighted by Gasteiger charge is 2.30. The average Bonchev–Trinajstić information content (AvgIpc) is 2.37. The maximum Gasteiger partial charge on any atom is 0.214 e. The first-order chi connectivity index (χ1) is 7.73. The molecule has 0 spiro atoms. The molecule has 0 radical (unpaired) electrons. The molecule has 5 heteroatoms. The Morgan fingerprint density at radius 2 is 1.94 bits per heavy atom. The van der Waals surface area contributed by atoms with Crippen molar-refractivity contribution in [2.75, 3.05) is 18.8 Å². The van der Waals surface area contributed by atoms with Crippen molar-refractivity contribution in [2.45, 2.75) is 52.1 Å². The summed E-state index contributed by atoms with van der Waals surface area (Å²) in [6.07, 6.45) is 2.67. The highest BCUT2D eigenvalue weighted by Crippen LogP contribution is 2.23. The molecule has 0 saturated carbocycles. The first-order valence-electron chi connectivity index (χ1n) is 6.43. The van der Waals surface area contributed by atoms with Gasteiger partial charge in [0.15, 0.2) is 0 Å². The minimum absolute atomic E-state index is 0.229. The van der Waals surface area contributed by atoms with E-state index >= 15 is 0 Å². The molecule has 1 heterocycles. The Morgan fingerprint density at radius 1 is 1.29 bits per heavy atom. The zero-order valence-corrected chi connectivity index (χ0v) is 12.0. The van der Waals surface area contributed by atoms with Crippen LogP contribution in [0.15, 0.2) is 0 Å². The zero-order valence-electron chi connectivity index (χ0n) is 11.1. The summed E-state index contributed by atoms with van der Waals surface area (Å²) in [6.45, 7) is 6.85. The maximum atomic E-state index is 12.1. The Bertz CT molecular complexity index is 336. The third-order valence-corrected chi connectivity index (χ3v) is 5.27. The second-order valence-corrected chi connectivity index (χ2v) is 7.84. The molecule has 0 amide bonds. The van der Waals surface area contributed by atoms with Crippen LogP contribution < -0.4 is 0 Å². The van der Waals surface area contributed by atoms with Gasteiger partial charge in [-0.1, -0.05) is 13.8 Å². The predicted octanol–water partition coefficient (Wildman–Crippen LogP) is 1.60. The van der Waals surface area contributed by atoms with Gasteiger partial charge in [0.05, 0.1) is 11.4 Å². The van der Waals surface area contributed by atoms with Gasteiger partial charge in [0.2, 0.25) is 10.0 Å². The van der Waals surface area contributed by atoms with Gasteiger partial charge in [-0.2, -0.15) is 0 Å². The van der Waals surface area contributed by atoms with Crippen molar-refractivity contribution in [1.82, 2.24) is 4.31 Å². The van der Waals surface area contributed by atoms with Crippen molar-refractivity contribution < 1.29 is 13.5 Å². The largest absolute Gasteiger partial charge is 0.390 e. The van der Waals surface area contributed by atoms with E-state index in [1.807, 2.05) is 13.8 Å². The normalized spacial score (nSPS) is 28.3. The monoisotopic (exact) mass is 263 g/mol. The van der Waals surface area contributed by atoms with Crippen LogP contribution in [0.5, 0.6) is 0 Å². The van der Waals surface area contributed by atoms with E-state index in [0.717, 1.165) is 6.42 Å². The molecule has 0 aromatic carbocycles. The van der Waals surface area contributed by atoms with Crippen molar-refractivity contribution >= 4 is 10.0 Å². The zero-order chi connectivity index (χ0) is 13.1. The third-order valence-electron chi connectivity index (χ3n) is 3.37. The van der Waals surface area contributed by atoms with Gasteiger partial charge in [-0.15, -0.1) is 0 Å². The molecule has 1 fully saturated rings. The molecule has 4 nitrogen and oxygen atoms in total. The molecule has 17 heavy (non-hydrogen) atoms. The first-order valence-corrected chi connectivity index (χ1v) is 8.04. The van der Waals surface area contributed by atoms with Gasteiger partial charge in [0.1, 0.15) is 0 Å². The van der Waals surface area contributed by atoms with Crippen LogP contribution in [0.4, 0.5) is 0 Å². The number of sulfonamides is 1. The molecule has 1 atom stereocenters. The highest BCUT2D eigenvalue weighted by molar-refractivity contribution is 7.89. The topological polar surface area (TPSA) is 57.6 Å². The van der Waals surface area contributed by atoms with E-state index in [-0.39, 0.29) is 5.75 Å². The Labute approximate surface area is 105 Å². The molecule has 1 unspecified atom stereocenters. The van der Waals surface area contributed by atoms with E-state index in [2.05, 4.69) is 0 Å². The van der Waals surface area contributed by atoms with Gasteiger partial charge in [-0.25, -0.2) is 12.7 Å². The van der Waals surface area contributed by atoms with Gasteiger partial charge in [-0.3, -0.25) is 0 Å². The first kappa shape index (κ1) is 14.9. The average molecular weight is 263 g/mol. The molecule has 1 aliphatic rings. The third kappa shape index (κ3) is 4.94. The van der Waals surface area contributed by atoms with Crippen LogP contribution in [0.25, 0.3) is 0 Å². The lowest BCUT2D eigenvalue weighted by Gasteiger charge is -2.22. The van der Waals surface area contributed by atoms with Crippen LogP contribution in [0.2, 0.25) is 0 Å². The quantitative estimate of drug-likeness (QED) is 0.838. The standard InChI is InChI=1S/C12H25NO3S/c1-11(2)5-10-17(15,16)13-8-4-6-12(3,14)7-9-13/h11,14H,4-10H2,1-3H3. The molecule has 0 bridgehead atoms. The van der Waals surface area contributed by atoms with Crippen molar-refractivity contribution in [1.29, 1.82) is 0 Å². The summed E-state index contributed by atoms with van der Waals surface area (Å²) in [7, 11) is -3.13. The smallest absolute Gasteiger partial charge is 0.214 e. The number of nitrogens with zero attached hydrogens (tertiary/aromatic N) is 1. The Kier molecular flexibility index (Phi) is 4.98. The fourth-order valence-electron chi connectivity index (χ4n) is 2.03. The summed E-state index contributed by atoms with van der Waals surface area (Å²) in [5.41, 5.74) is -0.706. The summed E-state index contributed by atoms with van der Waals surface area (Å²) < 4.78 is 25.7. The second-order valence-electron chi connectivity index (χ2n) is 5.75. The van der Waals surface area contributed by atoms with Gasteiger partial charge in [0.25, 0.3) is 0 Å². The molecule has 0 aromatic heterocycles. The molecule has 0 aliphatic carbocycles. The Balaban J connectivity index is 2.60. The lowest BCUT2D eigenvalue weighted by atomic mass is 9.98. The second kappa shape index (κ2) is 5.67. The molecule has 1 N–H and O–H groups in total. The van der Waals surface area contributed by atoms with E-state index in [1.54, 1.807) is 11.2 Å². The van der Waals surface area contributed by atoms with Crippen molar-refractivity contribution in [3.8, 4) is 0 Å². The summed E-state index contributed by atoms with van der Waals surface area (Å²) >= 11 is 0. The Morgan fingerprint density at radius 3 is 2.53 bits per heavy atom. The van der Waals surface area contributed by atoms with Gasteiger partial charge < -0.3 is 5.11 Å². The molecule has 0 aromatic rings. The summed E-state index contributed by atoms with van der Waals surface area (Å²) in [6, 6.07) is 0. The summed E-state index contributed by atoms with van der Waals surface area (Å²) in [5.74, 6) is 0.632. The maximum absolute atomic E-state index is 12.1. The fourth-order valence-corrected chi connectivity index (χ4v) is 3.83. The van der Waals surface area contributed by atoms with Crippen LogP contribution in [0, 0.1) is 5.92 Å². The summed E-state index contributed by atoms with van der Waals surface area (Å²) in [4.78, 5) is 0. The van der Waals surface area contributed by atoms with Crippen LogP contribution >= 0.6 is 0 Å². The number of rotatable bonds is 4. The van der Waals surface area contributed by atoms with Crippen LogP contribution in [-0.2, 0) is 10.0 Å². The lowest BCUT2D eigenvalue weighted by molar-refractivity contribution is 0.0465. The van der Waals surface area contributed by atoms with Gasteiger partial charge in [0, 0.05) is 13.1 Å². The molecular formula is C12H25NO3S. The van der Waals surface area contributed by atoms with Gasteiger partial charge >= 0.3 is 0 Å². The SMILES string of the molecule is CC(C)CCS(=O)(=O)N1CCCC(C)(O)CC1. The highest BCUT2D eigenvalue weighted by atomic mass is 32.2. The van der Waals surface area contributed by atoms with E-state index in [0.29, 0.717) is 38.3 Å².